The summed E-state index contributed by atoms with van der Waals surface area (Å²) < 4.78 is 0. The van der Waals surface area contributed by atoms with Gasteiger partial charge in [-0.25, -0.2) is 0 Å². The van der Waals surface area contributed by atoms with Crippen molar-refractivity contribution >= 4 is 5.91 Å². The van der Waals surface area contributed by atoms with Crippen molar-refractivity contribution in [3.8, 4) is 0 Å². The van der Waals surface area contributed by atoms with E-state index in [2.05, 4.69) is 43.5 Å². The molecule has 1 amide bonds. The van der Waals surface area contributed by atoms with Crippen LogP contribution in [0.15, 0.2) is 24.3 Å². The molecule has 344 valence electrons. The number of amides is 1. The number of hydrogen-bond acceptors (Lipinski definition) is 4. The lowest BCUT2D eigenvalue weighted by molar-refractivity contribution is -0.125. The first kappa shape index (κ1) is 56.8. The van der Waals surface area contributed by atoms with Crippen LogP contribution in [0, 0.1) is 0 Å². The second-order valence-electron chi connectivity index (χ2n) is 18.1. The Morgan fingerprint density at radius 1 is 0.431 bits per heavy atom. The van der Waals surface area contributed by atoms with E-state index >= 15 is 0 Å². The van der Waals surface area contributed by atoms with Crippen molar-refractivity contribution in [1.29, 1.82) is 0 Å². The first-order valence-electron chi connectivity index (χ1n) is 26.1. The fourth-order valence-corrected chi connectivity index (χ4v) is 8.26. The van der Waals surface area contributed by atoms with Crippen LogP contribution in [0.1, 0.15) is 284 Å². The topological polar surface area (TPSA) is 89.8 Å². The van der Waals surface area contributed by atoms with Gasteiger partial charge in [-0.3, -0.25) is 4.79 Å². The number of unbranched alkanes of at least 4 members (excludes halogenated alkanes) is 35. The molecule has 0 spiro atoms. The van der Waals surface area contributed by atoms with E-state index in [1.165, 1.54) is 218 Å². The van der Waals surface area contributed by atoms with Gasteiger partial charge in [0.2, 0.25) is 5.91 Å². The molecule has 0 aromatic heterocycles. The average molecular weight is 818 g/mol. The molecule has 3 atom stereocenters. The lowest BCUT2D eigenvalue weighted by Gasteiger charge is -2.23. The number of hydrogen-bond donors (Lipinski definition) is 4. The minimum Gasteiger partial charge on any atom is -0.394 e. The van der Waals surface area contributed by atoms with Crippen LogP contribution >= 0.6 is 0 Å². The molecule has 0 aliphatic carbocycles. The predicted molar refractivity (Wildman–Crippen MR) is 255 cm³/mol. The molecular formula is C53H103NO4. The summed E-state index contributed by atoms with van der Waals surface area (Å²) in [5, 5.41) is 33.4. The summed E-state index contributed by atoms with van der Waals surface area (Å²) in [4.78, 5) is 12.5. The highest BCUT2D eigenvalue weighted by Crippen LogP contribution is 2.17. The smallest absolute Gasteiger partial charge is 0.222 e. The Kier molecular flexibility index (Phi) is 47.5. The molecule has 5 nitrogen and oxygen atoms in total. The van der Waals surface area contributed by atoms with E-state index < -0.39 is 18.2 Å². The van der Waals surface area contributed by atoms with Crippen LogP contribution < -0.4 is 5.32 Å². The SMILES string of the molecule is CCCCCCCCCCCCC/C=C\C/C=C\CCCCCCCCCCCCCCCCCC(O)CC(=O)NC(CO)C(O)CCCCCCCCCCCC. The van der Waals surface area contributed by atoms with E-state index in [-0.39, 0.29) is 18.9 Å². The maximum atomic E-state index is 12.5. The summed E-state index contributed by atoms with van der Waals surface area (Å²) in [5.74, 6) is -0.282. The Bertz CT molecular complexity index is 859. The zero-order chi connectivity index (χ0) is 42.3. The zero-order valence-electron chi connectivity index (χ0n) is 39.2. The molecule has 0 aliphatic rings. The monoisotopic (exact) mass is 818 g/mol. The summed E-state index contributed by atoms with van der Waals surface area (Å²) >= 11 is 0. The number of nitrogens with one attached hydrogen (secondary N) is 1. The van der Waals surface area contributed by atoms with Gasteiger partial charge in [-0.1, -0.05) is 256 Å². The third-order valence-electron chi connectivity index (χ3n) is 12.3. The highest BCUT2D eigenvalue weighted by Gasteiger charge is 2.21. The van der Waals surface area contributed by atoms with Gasteiger partial charge in [-0.2, -0.15) is 0 Å². The first-order chi connectivity index (χ1) is 28.5. The van der Waals surface area contributed by atoms with Crippen LogP contribution in [0.3, 0.4) is 0 Å². The Morgan fingerprint density at radius 2 is 0.741 bits per heavy atom. The standard InChI is InChI=1S/C53H103NO4/c1-3-5-7-9-11-13-15-16-17-18-19-20-21-22-23-24-25-26-27-28-29-30-31-32-33-34-35-36-37-38-40-42-44-46-50(56)48-53(58)54-51(49-55)52(57)47-45-43-41-39-14-12-10-8-6-4-2/h21-22,24-25,50-52,55-57H,3-20,23,26-49H2,1-2H3,(H,54,58)/b22-21-,25-24-. The molecule has 5 heteroatoms. The van der Waals surface area contributed by atoms with E-state index in [0.29, 0.717) is 12.8 Å². The number of carbonyl (C=O) groups is 1. The van der Waals surface area contributed by atoms with Crippen molar-refractivity contribution in [1.82, 2.24) is 5.32 Å². The Balaban J connectivity index is 3.46. The number of allylic oxidation sites excluding steroid dienone is 4. The van der Waals surface area contributed by atoms with Gasteiger partial charge in [0.15, 0.2) is 0 Å². The Morgan fingerprint density at radius 3 is 1.09 bits per heavy atom. The van der Waals surface area contributed by atoms with Crippen molar-refractivity contribution < 1.29 is 20.1 Å². The molecular weight excluding hydrogens is 715 g/mol. The highest BCUT2D eigenvalue weighted by atomic mass is 16.3. The molecule has 58 heavy (non-hydrogen) atoms. The molecule has 0 saturated carbocycles. The molecule has 0 heterocycles. The Labute approximate surface area is 362 Å². The molecule has 0 aromatic carbocycles. The molecule has 0 saturated heterocycles. The summed E-state index contributed by atoms with van der Waals surface area (Å²) in [6, 6.07) is -0.655. The maximum absolute atomic E-state index is 12.5. The largest absolute Gasteiger partial charge is 0.394 e. The molecule has 0 rings (SSSR count). The van der Waals surface area contributed by atoms with E-state index in [1.807, 2.05) is 0 Å². The van der Waals surface area contributed by atoms with Gasteiger partial charge in [-0.05, 0) is 44.9 Å². The van der Waals surface area contributed by atoms with E-state index in [9.17, 15) is 20.1 Å². The molecule has 3 unspecified atom stereocenters. The van der Waals surface area contributed by atoms with Gasteiger partial charge in [-0.15, -0.1) is 0 Å². The van der Waals surface area contributed by atoms with Crippen LogP contribution in [0.4, 0.5) is 0 Å². The third-order valence-corrected chi connectivity index (χ3v) is 12.3. The van der Waals surface area contributed by atoms with Crippen LogP contribution in [0.25, 0.3) is 0 Å². The van der Waals surface area contributed by atoms with Crippen LogP contribution in [-0.4, -0.2) is 46.1 Å². The number of carbonyl (C=O) groups excluding carboxylic acids is 1. The minimum absolute atomic E-state index is 0.0386. The normalized spacial score (nSPS) is 13.5. The molecule has 0 bridgehead atoms. The number of aliphatic hydroxyl groups is 3. The van der Waals surface area contributed by atoms with Crippen molar-refractivity contribution in [2.24, 2.45) is 0 Å². The average Bonchev–Trinajstić information content (AvgIpc) is 3.22. The summed E-state index contributed by atoms with van der Waals surface area (Å²) in [7, 11) is 0. The van der Waals surface area contributed by atoms with E-state index in [4.69, 9.17) is 0 Å². The fraction of sp³-hybridized carbons (Fsp3) is 0.906. The lowest BCUT2D eigenvalue weighted by Crippen LogP contribution is -2.46. The van der Waals surface area contributed by atoms with Gasteiger partial charge in [0.25, 0.3) is 0 Å². The molecule has 0 fully saturated rings. The quantitative estimate of drug-likeness (QED) is 0.0364. The van der Waals surface area contributed by atoms with E-state index in [0.717, 1.165) is 32.1 Å². The molecule has 4 N–H and O–H groups in total. The second kappa shape index (κ2) is 48.5. The van der Waals surface area contributed by atoms with Crippen molar-refractivity contribution in [2.45, 2.75) is 302 Å². The van der Waals surface area contributed by atoms with Gasteiger partial charge in [0.1, 0.15) is 0 Å². The first-order valence-corrected chi connectivity index (χ1v) is 26.1. The summed E-state index contributed by atoms with van der Waals surface area (Å²) in [6.07, 6.45) is 60.5. The molecule has 0 aliphatic heterocycles. The maximum Gasteiger partial charge on any atom is 0.222 e. The van der Waals surface area contributed by atoms with Gasteiger partial charge >= 0.3 is 0 Å². The van der Waals surface area contributed by atoms with E-state index in [1.54, 1.807) is 0 Å². The van der Waals surface area contributed by atoms with Crippen LogP contribution in [0.5, 0.6) is 0 Å². The van der Waals surface area contributed by atoms with Crippen molar-refractivity contribution in [3.05, 3.63) is 24.3 Å². The highest BCUT2D eigenvalue weighted by molar-refractivity contribution is 5.76. The molecule has 0 radical (unpaired) electrons. The number of aliphatic hydroxyl groups excluding tert-OH is 3. The predicted octanol–water partition coefficient (Wildman–Crippen LogP) is 15.7. The number of rotatable bonds is 48. The van der Waals surface area contributed by atoms with Crippen molar-refractivity contribution in [2.75, 3.05) is 6.61 Å². The van der Waals surface area contributed by atoms with Crippen LogP contribution in [0.2, 0.25) is 0 Å². The van der Waals surface area contributed by atoms with Gasteiger partial charge < -0.3 is 20.6 Å². The molecule has 0 aromatic rings. The fourth-order valence-electron chi connectivity index (χ4n) is 8.26. The summed E-state index contributed by atoms with van der Waals surface area (Å²) in [6.45, 7) is 4.26. The third kappa shape index (κ3) is 44.4. The van der Waals surface area contributed by atoms with Crippen molar-refractivity contribution in [3.63, 3.8) is 0 Å². The van der Waals surface area contributed by atoms with Crippen LogP contribution in [-0.2, 0) is 4.79 Å². The Hall–Kier alpha value is -1.17. The lowest BCUT2D eigenvalue weighted by atomic mass is 10.0. The van der Waals surface area contributed by atoms with Gasteiger partial charge in [0, 0.05) is 0 Å². The van der Waals surface area contributed by atoms with Gasteiger partial charge in [0.05, 0.1) is 31.3 Å². The second-order valence-corrected chi connectivity index (χ2v) is 18.1. The summed E-state index contributed by atoms with van der Waals surface area (Å²) in [5.41, 5.74) is 0. The minimum atomic E-state index is -0.746. The zero-order valence-corrected chi connectivity index (χ0v) is 39.2.